The summed E-state index contributed by atoms with van der Waals surface area (Å²) in [5, 5.41) is 0. The average Bonchev–Trinajstić information content (AvgIpc) is 2.40. The summed E-state index contributed by atoms with van der Waals surface area (Å²) >= 11 is 0.571. The van der Waals surface area contributed by atoms with Gasteiger partial charge in [0.15, 0.2) is 0 Å². The fourth-order valence-corrected chi connectivity index (χ4v) is 4.59. The van der Waals surface area contributed by atoms with Crippen molar-refractivity contribution in [2.24, 2.45) is 0 Å². The normalized spacial score (nSPS) is 17.8. The Kier molecular flexibility index (Phi) is 3.13. The summed E-state index contributed by atoms with van der Waals surface area (Å²) in [6.07, 6.45) is 5.84. The molecule has 0 aliphatic carbocycles. The van der Waals surface area contributed by atoms with E-state index in [2.05, 4.69) is 66.7 Å². The van der Waals surface area contributed by atoms with Gasteiger partial charge in [-0.15, -0.1) is 0 Å². The van der Waals surface area contributed by atoms with Crippen LogP contribution < -0.4 is 4.46 Å². The van der Waals surface area contributed by atoms with Crippen LogP contribution in [0.3, 0.4) is 0 Å². The molecule has 1 aliphatic heterocycles. The summed E-state index contributed by atoms with van der Waals surface area (Å²) in [7, 11) is 0. The molecular weight excluding hydrogens is 271 g/mol. The van der Waals surface area contributed by atoms with E-state index < -0.39 is 0 Å². The van der Waals surface area contributed by atoms with Crippen molar-refractivity contribution < 1.29 is 0 Å². The number of allylic oxidation sites excluding steroid dienone is 1. The summed E-state index contributed by atoms with van der Waals surface area (Å²) in [6.45, 7) is 0. The van der Waals surface area contributed by atoms with E-state index in [0.717, 1.165) is 0 Å². The first-order chi connectivity index (χ1) is 8.42. The molecule has 0 amide bonds. The Morgan fingerprint density at radius 2 is 1.65 bits per heavy atom. The molecule has 1 heterocycles. The van der Waals surface area contributed by atoms with Gasteiger partial charge in [-0.05, 0) is 0 Å². The molecule has 0 N–H and O–H groups in total. The van der Waals surface area contributed by atoms with E-state index in [4.69, 9.17) is 0 Å². The zero-order valence-electron chi connectivity index (χ0n) is 9.54. The molecule has 0 radical (unpaired) electrons. The summed E-state index contributed by atoms with van der Waals surface area (Å²) < 4.78 is 1.54. The molecule has 1 aliphatic rings. The molecule has 0 saturated carbocycles. The second-order valence-electron chi connectivity index (χ2n) is 4.24. The first kappa shape index (κ1) is 10.8. The number of rotatable bonds is 2. The van der Waals surface area contributed by atoms with E-state index in [-0.39, 0.29) is 0 Å². The Bertz CT molecular complexity index is 528. The van der Waals surface area contributed by atoms with Crippen molar-refractivity contribution in [3.63, 3.8) is 0 Å². The van der Waals surface area contributed by atoms with Crippen LogP contribution in [0.15, 0.2) is 60.7 Å². The second kappa shape index (κ2) is 4.91. The SMILES string of the molecule is C1=CC(Cc2ccccc2)[Se]c2ccccc21. The van der Waals surface area contributed by atoms with E-state index in [1.165, 1.54) is 17.5 Å². The molecule has 3 rings (SSSR count). The Hall–Kier alpha value is -1.30. The Morgan fingerprint density at radius 1 is 0.882 bits per heavy atom. The number of benzene rings is 2. The molecule has 1 unspecified atom stereocenters. The van der Waals surface area contributed by atoms with E-state index in [0.29, 0.717) is 19.8 Å². The molecular formula is C16H14Se. The summed E-state index contributed by atoms with van der Waals surface area (Å²) in [5.74, 6) is 0. The van der Waals surface area contributed by atoms with Gasteiger partial charge >= 0.3 is 109 Å². The Morgan fingerprint density at radius 3 is 2.53 bits per heavy atom. The average molecular weight is 285 g/mol. The molecule has 0 saturated heterocycles. The standard InChI is InChI=1S/C16H14Se/c1-2-6-13(7-3-1)12-15-11-10-14-8-4-5-9-16(14)17-15/h1-11,15H,12H2. The van der Waals surface area contributed by atoms with Gasteiger partial charge in [0.1, 0.15) is 0 Å². The second-order valence-corrected chi connectivity index (χ2v) is 6.93. The van der Waals surface area contributed by atoms with Crippen molar-refractivity contribution in [1.82, 2.24) is 0 Å². The molecule has 1 atom stereocenters. The monoisotopic (exact) mass is 286 g/mol. The molecule has 1 heteroatoms. The van der Waals surface area contributed by atoms with Gasteiger partial charge in [0.05, 0.1) is 0 Å². The van der Waals surface area contributed by atoms with Gasteiger partial charge in [0.2, 0.25) is 0 Å². The molecule has 0 aromatic heterocycles. The Balaban J connectivity index is 1.77. The third kappa shape index (κ3) is 2.52. The van der Waals surface area contributed by atoms with Crippen LogP contribution in [0.1, 0.15) is 11.1 Å². The fraction of sp³-hybridized carbons (Fsp3) is 0.125. The predicted octanol–water partition coefficient (Wildman–Crippen LogP) is 3.07. The zero-order chi connectivity index (χ0) is 11.5. The van der Waals surface area contributed by atoms with Gasteiger partial charge < -0.3 is 0 Å². The summed E-state index contributed by atoms with van der Waals surface area (Å²) in [6, 6.07) is 19.6. The topological polar surface area (TPSA) is 0 Å². The molecule has 2 aromatic carbocycles. The summed E-state index contributed by atoms with van der Waals surface area (Å²) in [4.78, 5) is 0.708. The van der Waals surface area contributed by atoms with Crippen LogP contribution in [0.4, 0.5) is 0 Å². The van der Waals surface area contributed by atoms with Crippen molar-refractivity contribution in [2.45, 2.75) is 11.2 Å². The molecule has 17 heavy (non-hydrogen) atoms. The van der Waals surface area contributed by atoms with Crippen molar-refractivity contribution in [3.05, 3.63) is 71.8 Å². The molecule has 0 spiro atoms. The van der Waals surface area contributed by atoms with Crippen molar-refractivity contribution >= 4 is 25.5 Å². The third-order valence-electron chi connectivity index (χ3n) is 2.97. The van der Waals surface area contributed by atoms with Crippen LogP contribution in [-0.2, 0) is 6.42 Å². The molecule has 2 aromatic rings. The van der Waals surface area contributed by atoms with Gasteiger partial charge in [-0.25, -0.2) is 0 Å². The predicted molar refractivity (Wildman–Crippen MR) is 74.8 cm³/mol. The molecule has 0 fully saturated rings. The van der Waals surface area contributed by atoms with Crippen LogP contribution >= 0.6 is 0 Å². The minimum absolute atomic E-state index is 0.571. The van der Waals surface area contributed by atoms with Crippen LogP contribution in [-0.4, -0.2) is 15.0 Å². The van der Waals surface area contributed by atoms with Gasteiger partial charge in [-0.2, -0.15) is 0 Å². The number of fused-ring (bicyclic) bond motifs is 1. The minimum atomic E-state index is 0.571. The number of hydrogen-bond donors (Lipinski definition) is 0. The molecule has 84 valence electrons. The van der Waals surface area contributed by atoms with E-state index in [1.54, 1.807) is 4.46 Å². The molecule has 0 nitrogen and oxygen atoms in total. The maximum absolute atomic E-state index is 2.38. The van der Waals surface area contributed by atoms with Crippen molar-refractivity contribution in [3.8, 4) is 0 Å². The van der Waals surface area contributed by atoms with E-state index in [1.807, 2.05) is 0 Å². The van der Waals surface area contributed by atoms with Crippen LogP contribution in [0, 0.1) is 0 Å². The van der Waals surface area contributed by atoms with Crippen molar-refractivity contribution in [1.29, 1.82) is 0 Å². The molecule has 0 bridgehead atoms. The van der Waals surface area contributed by atoms with Gasteiger partial charge in [-0.3, -0.25) is 0 Å². The first-order valence-electron chi connectivity index (χ1n) is 5.90. The van der Waals surface area contributed by atoms with Gasteiger partial charge in [0.25, 0.3) is 0 Å². The van der Waals surface area contributed by atoms with Crippen LogP contribution in [0.5, 0.6) is 0 Å². The number of hydrogen-bond acceptors (Lipinski definition) is 0. The maximum atomic E-state index is 2.38. The summed E-state index contributed by atoms with van der Waals surface area (Å²) in [5.41, 5.74) is 2.86. The van der Waals surface area contributed by atoms with Gasteiger partial charge in [-0.1, -0.05) is 0 Å². The zero-order valence-corrected chi connectivity index (χ0v) is 11.3. The third-order valence-corrected chi connectivity index (χ3v) is 5.59. The Labute approximate surface area is 109 Å². The van der Waals surface area contributed by atoms with E-state index in [9.17, 15) is 0 Å². The van der Waals surface area contributed by atoms with Crippen LogP contribution in [0.25, 0.3) is 6.08 Å². The first-order valence-corrected chi connectivity index (χ1v) is 7.74. The van der Waals surface area contributed by atoms with Gasteiger partial charge in [0, 0.05) is 0 Å². The van der Waals surface area contributed by atoms with Crippen molar-refractivity contribution in [2.75, 3.05) is 0 Å². The fourth-order valence-electron chi connectivity index (χ4n) is 2.10. The van der Waals surface area contributed by atoms with E-state index >= 15 is 0 Å². The quantitative estimate of drug-likeness (QED) is 0.744. The van der Waals surface area contributed by atoms with Crippen LogP contribution in [0.2, 0.25) is 4.82 Å².